The molecule has 0 saturated heterocycles. The Morgan fingerprint density at radius 1 is 1.39 bits per heavy atom. The Labute approximate surface area is 102 Å². The monoisotopic (exact) mass is 249 g/mol. The van der Waals surface area contributed by atoms with Gasteiger partial charge in [-0.15, -0.1) is 0 Å². The smallest absolute Gasteiger partial charge is 0.316 e. The van der Waals surface area contributed by atoms with Gasteiger partial charge >= 0.3 is 5.69 Å². The van der Waals surface area contributed by atoms with E-state index >= 15 is 0 Å². The molecule has 0 aliphatic carbocycles. The number of anilines is 2. The van der Waals surface area contributed by atoms with E-state index in [2.05, 4.69) is 15.9 Å². The zero-order chi connectivity index (χ0) is 13.0. The van der Waals surface area contributed by atoms with Gasteiger partial charge in [0.1, 0.15) is 11.4 Å². The number of aromatic nitrogens is 1. The summed E-state index contributed by atoms with van der Waals surface area (Å²) in [5.41, 5.74) is 2.77. The number of para-hydroxylation sites is 1. The van der Waals surface area contributed by atoms with Crippen molar-refractivity contribution in [1.29, 1.82) is 0 Å². The zero-order valence-electron chi connectivity index (χ0n) is 9.29. The van der Waals surface area contributed by atoms with Gasteiger partial charge in [-0.3, -0.25) is 16.0 Å². The number of nitrogens with one attached hydrogen (secondary N) is 2. The number of rotatable bonds is 5. The van der Waals surface area contributed by atoms with E-state index < -0.39 is 4.92 Å². The summed E-state index contributed by atoms with van der Waals surface area (Å²) in [6.07, 6.45) is 1.50. The molecule has 94 valence electrons. The van der Waals surface area contributed by atoms with Gasteiger partial charge in [-0.2, -0.15) is 0 Å². The molecule has 0 unspecified atom stereocenters. The Balaban J connectivity index is 2.24. The summed E-state index contributed by atoms with van der Waals surface area (Å²) in [6.45, 7) is 0.300. The first kappa shape index (κ1) is 11.9. The maximum Gasteiger partial charge on any atom is 0.316 e. The van der Waals surface area contributed by atoms with Crippen molar-refractivity contribution in [3.8, 4) is 0 Å². The Bertz CT molecular complexity index is 540. The van der Waals surface area contributed by atoms with Crippen LogP contribution in [0.4, 0.5) is 17.1 Å². The van der Waals surface area contributed by atoms with Gasteiger partial charge in [-0.25, -0.2) is 0 Å². The lowest BCUT2D eigenvalue weighted by Gasteiger charge is -2.08. The molecule has 0 radical (unpaired) electrons. The Morgan fingerprint density at radius 2 is 2.17 bits per heavy atom. The zero-order valence-corrected chi connectivity index (χ0v) is 9.29. The van der Waals surface area contributed by atoms with Crippen molar-refractivity contribution < 1.29 is 9.45 Å². The maximum absolute atomic E-state index is 11.0. The summed E-state index contributed by atoms with van der Waals surface area (Å²) in [7, 11) is 0. The molecule has 8 nitrogen and oxygen atoms in total. The lowest BCUT2D eigenvalue weighted by Crippen LogP contribution is -2.10. The highest BCUT2D eigenvalue weighted by Crippen LogP contribution is 2.32. The summed E-state index contributed by atoms with van der Waals surface area (Å²) >= 11 is 0. The Hall–Kier alpha value is -2.61. The summed E-state index contributed by atoms with van der Waals surface area (Å²) in [5.74, 6) is 5.82. The molecule has 0 fully saturated rings. The number of nitro groups is 1. The van der Waals surface area contributed by atoms with Gasteiger partial charge in [0.05, 0.1) is 17.7 Å². The minimum absolute atomic E-state index is 0.112. The van der Waals surface area contributed by atoms with Crippen LogP contribution in [0.5, 0.6) is 0 Å². The predicted octanol–water partition coefficient (Wildman–Crippen LogP) is 1.48. The van der Waals surface area contributed by atoms with Crippen LogP contribution in [-0.4, -0.2) is 10.1 Å². The minimum atomic E-state index is -0.502. The number of benzene rings is 1. The SMILES string of the molecule is NNc1cccc(NCc2ccno2)c1[N+](=O)[O-]. The van der Waals surface area contributed by atoms with Crippen LogP contribution in [0.15, 0.2) is 35.0 Å². The summed E-state index contributed by atoms with van der Waals surface area (Å²) < 4.78 is 4.89. The lowest BCUT2D eigenvalue weighted by molar-refractivity contribution is -0.383. The summed E-state index contributed by atoms with van der Waals surface area (Å²) in [4.78, 5) is 10.5. The molecule has 18 heavy (non-hydrogen) atoms. The number of hydrogen-bond acceptors (Lipinski definition) is 7. The van der Waals surface area contributed by atoms with Gasteiger partial charge in [0, 0.05) is 6.07 Å². The summed E-state index contributed by atoms with van der Waals surface area (Å²) in [6, 6.07) is 6.45. The first-order chi connectivity index (χ1) is 8.72. The molecule has 2 rings (SSSR count). The van der Waals surface area contributed by atoms with Crippen LogP contribution in [0.3, 0.4) is 0 Å². The van der Waals surface area contributed by atoms with E-state index in [1.165, 1.54) is 12.3 Å². The van der Waals surface area contributed by atoms with Gasteiger partial charge in [-0.1, -0.05) is 11.2 Å². The molecule has 1 aromatic carbocycles. The Kier molecular flexibility index (Phi) is 3.39. The average molecular weight is 249 g/mol. The number of hydrazine groups is 1. The molecular formula is C10H11N5O3. The fourth-order valence-electron chi connectivity index (χ4n) is 1.51. The second-order valence-electron chi connectivity index (χ2n) is 3.44. The highest BCUT2D eigenvalue weighted by atomic mass is 16.6. The molecule has 0 atom stereocenters. The van der Waals surface area contributed by atoms with E-state index in [1.54, 1.807) is 18.2 Å². The molecule has 0 saturated carbocycles. The van der Waals surface area contributed by atoms with E-state index in [0.717, 1.165) is 0 Å². The molecule has 0 amide bonds. The third-order valence-electron chi connectivity index (χ3n) is 2.32. The van der Waals surface area contributed by atoms with Crippen molar-refractivity contribution in [2.75, 3.05) is 10.7 Å². The van der Waals surface area contributed by atoms with E-state index in [-0.39, 0.29) is 11.4 Å². The van der Waals surface area contributed by atoms with Crippen LogP contribution in [-0.2, 0) is 6.54 Å². The summed E-state index contributed by atoms with van der Waals surface area (Å²) in [5, 5.41) is 17.4. The van der Waals surface area contributed by atoms with E-state index in [1.807, 2.05) is 0 Å². The number of nitrogen functional groups attached to an aromatic ring is 1. The molecule has 0 bridgehead atoms. The second-order valence-corrected chi connectivity index (χ2v) is 3.44. The van der Waals surface area contributed by atoms with E-state index in [9.17, 15) is 10.1 Å². The normalized spacial score (nSPS) is 10.1. The van der Waals surface area contributed by atoms with Crippen molar-refractivity contribution in [1.82, 2.24) is 5.16 Å². The van der Waals surface area contributed by atoms with Gasteiger partial charge in [0.15, 0.2) is 5.76 Å². The fraction of sp³-hybridized carbons (Fsp3) is 0.100. The van der Waals surface area contributed by atoms with Crippen molar-refractivity contribution in [3.05, 3.63) is 46.3 Å². The maximum atomic E-state index is 11.0. The van der Waals surface area contributed by atoms with E-state index in [0.29, 0.717) is 18.0 Å². The quantitative estimate of drug-likeness (QED) is 0.417. The average Bonchev–Trinajstić information content (AvgIpc) is 2.88. The van der Waals surface area contributed by atoms with Crippen LogP contribution in [0.2, 0.25) is 0 Å². The van der Waals surface area contributed by atoms with Gasteiger partial charge in [0.2, 0.25) is 0 Å². The van der Waals surface area contributed by atoms with Crippen LogP contribution in [0.25, 0.3) is 0 Å². The van der Waals surface area contributed by atoms with Gasteiger partial charge < -0.3 is 15.3 Å². The first-order valence-electron chi connectivity index (χ1n) is 5.10. The predicted molar refractivity (Wildman–Crippen MR) is 64.7 cm³/mol. The van der Waals surface area contributed by atoms with Gasteiger partial charge in [0.25, 0.3) is 0 Å². The van der Waals surface area contributed by atoms with Crippen molar-refractivity contribution in [3.63, 3.8) is 0 Å². The molecule has 8 heteroatoms. The highest BCUT2D eigenvalue weighted by Gasteiger charge is 2.18. The molecule has 0 aliphatic heterocycles. The molecule has 0 spiro atoms. The molecule has 1 heterocycles. The molecule has 4 N–H and O–H groups in total. The largest absolute Gasteiger partial charge is 0.372 e. The molecule has 1 aromatic heterocycles. The fourth-order valence-corrected chi connectivity index (χ4v) is 1.51. The number of nitrogens with zero attached hydrogens (tertiary/aromatic N) is 2. The van der Waals surface area contributed by atoms with Crippen molar-refractivity contribution in [2.24, 2.45) is 5.84 Å². The third kappa shape index (κ3) is 2.38. The highest BCUT2D eigenvalue weighted by molar-refractivity contribution is 5.75. The minimum Gasteiger partial charge on any atom is -0.372 e. The van der Waals surface area contributed by atoms with Crippen LogP contribution >= 0.6 is 0 Å². The Morgan fingerprint density at radius 3 is 2.78 bits per heavy atom. The van der Waals surface area contributed by atoms with Crippen LogP contribution < -0.4 is 16.6 Å². The van der Waals surface area contributed by atoms with E-state index in [4.69, 9.17) is 10.4 Å². The molecular weight excluding hydrogens is 238 g/mol. The topological polar surface area (TPSA) is 119 Å². The van der Waals surface area contributed by atoms with Crippen LogP contribution in [0, 0.1) is 10.1 Å². The standard InChI is InChI=1S/C10H11N5O3/c11-14-9-3-1-2-8(10(9)15(16)17)12-6-7-4-5-13-18-7/h1-5,12,14H,6,11H2. The first-order valence-corrected chi connectivity index (χ1v) is 5.10. The number of nitro benzene ring substituents is 1. The lowest BCUT2D eigenvalue weighted by atomic mass is 10.2. The second kappa shape index (κ2) is 5.15. The third-order valence-corrected chi connectivity index (χ3v) is 2.32. The van der Waals surface area contributed by atoms with Gasteiger partial charge in [-0.05, 0) is 12.1 Å². The molecule has 2 aromatic rings. The van der Waals surface area contributed by atoms with Crippen molar-refractivity contribution >= 4 is 17.1 Å². The molecule has 0 aliphatic rings. The number of hydrogen-bond donors (Lipinski definition) is 3. The number of nitrogens with two attached hydrogens (primary N) is 1. The van der Waals surface area contributed by atoms with Crippen molar-refractivity contribution in [2.45, 2.75) is 6.54 Å². The van der Waals surface area contributed by atoms with Crippen LogP contribution in [0.1, 0.15) is 5.76 Å².